The summed E-state index contributed by atoms with van der Waals surface area (Å²) in [6.45, 7) is 4.14. The van der Waals surface area contributed by atoms with Gasteiger partial charge in [-0.05, 0) is 43.9 Å². The lowest BCUT2D eigenvalue weighted by molar-refractivity contribution is -0.271. The van der Waals surface area contributed by atoms with Crippen LogP contribution >= 0.6 is 0 Å². The second kappa shape index (κ2) is 8.63. The van der Waals surface area contributed by atoms with Crippen LogP contribution in [0.15, 0.2) is 29.2 Å². The normalized spacial score (nSPS) is 14.4. The Morgan fingerprint density at radius 2 is 1.77 bits per heavy atom. The van der Waals surface area contributed by atoms with Crippen LogP contribution in [0.3, 0.4) is 0 Å². The number of methoxy groups -OCH3 is 1. The molecule has 0 amide bonds. The molecule has 5 nitrogen and oxygen atoms in total. The summed E-state index contributed by atoms with van der Waals surface area (Å²) in [5, 5.41) is 20.5. The molecule has 0 bridgehead atoms. The van der Waals surface area contributed by atoms with E-state index in [-0.39, 0.29) is 33.6 Å². The van der Waals surface area contributed by atoms with E-state index in [1.165, 1.54) is 47.1 Å². The van der Waals surface area contributed by atoms with E-state index in [1.807, 2.05) is 0 Å². The molecule has 31 heavy (non-hydrogen) atoms. The molecular weight excluding hydrogens is 418 g/mol. The number of aryl methyl sites for hydroxylation is 1. The lowest BCUT2D eigenvalue weighted by Crippen LogP contribution is -2.52. The van der Waals surface area contributed by atoms with Gasteiger partial charge in [-0.15, -0.1) is 0 Å². The van der Waals surface area contributed by atoms with Crippen molar-refractivity contribution in [2.75, 3.05) is 7.11 Å². The van der Waals surface area contributed by atoms with E-state index in [4.69, 9.17) is 4.74 Å². The number of rotatable bonds is 7. The Morgan fingerprint density at radius 1 is 1.16 bits per heavy atom. The van der Waals surface area contributed by atoms with Crippen LogP contribution in [0.2, 0.25) is 0 Å². The summed E-state index contributed by atoms with van der Waals surface area (Å²) in [6, 6.07) is 3.54. The van der Waals surface area contributed by atoms with Crippen LogP contribution < -0.4 is 10.2 Å². The van der Waals surface area contributed by atoms with Gasteiger partial charge in [-0.25, -0.2) is 4.39 Å². The zero-order valence-electron chi connectivity index (χ0n) is 18.1. The summed E-state index contributed by atoms with van der Waals surface area (Å²) in [5.41, 5.74) is -4.53. The van der Waals surface area contributed by atoms with Crippen molar-refractivity contribution in [2.45, 2.75) is 64.5 Å². The monoisotopic (exact) mass is 445 g/mol. The number of nitrogens with zero attached hydrogens (tertiary/aromatic N) is 1. The number of ether oxygens (including phenoxy) is 1. The highest BCUT2D eigenvalue weighted by Gasteiger charge is 2.56. The van der Waals surface area contributed by atoms with E-state index in [0.29, 0.717) is 0 Å². The number of aromatic nitrogens is 1. The molecule has 0 spiro atoms. The molecule has 0 saturated carbocycles. The molecular formula is C22H27F4NO4. The van der Waals surface area contributed by atoms with Gasteiger partial charge in [-0.3, -0.25) is 4.79 Å². The van der Waals surface area contributed by atoms with Crippen molar-refractivity contribution in [2.24, 2.45) is 0 Å². The van der Waals surface area contributed by atoms with Gasteiger partial charge in [-0.2, -0.15) is 13.2 Å². The predicted octanol–water partition coefficient (Wildman–Crippen LogP) is 3.77. The largest absolute Gasteiger partial charge is 0.496 e. The molecule has 0 aliphatic heterocycles. The van der Waals surface area contributed by atoms with Crippen LogP contribution in [0.4, 0.5) is 17.6 Å². The van der Waals surface area contributed by atoms with Crippen LogP contribution in [0.1, 0.15) is 42.7 Å². The molecule has 2 N–H and O–H groups in total. The first-order chi connectivity index (χ1) is 14.2. The number of alkyl halides is 3. The smallest absolute Gasteiger partial charge is 0.418 e. The van der Waals surface area contributed by atoms with Crippen LogP contribution in [-0.2, 0) is 18.6 Å². The van der Waals surface area contributed by atoms with Crippen LogP contribution in [0, 0.1) is 19.7 Å². The van der Waals surface area contributed by atoms with Crippen molar-refractivity contribution in [3.8, 4) is 5.75 Å². The highest BCUT2D eigenvalue weighted by molar-refractivity contribution is 5.40. The molecule has 1 aromatic heterocycles. The number of pyridine rings is 1. The highest BCUT2D eigenvalue weighted by atomic mass is 19.4. The van der Waals surface area contributed by atoms with E-state index in [9.17, 15) is 32.6 Å². The van der Waals surface area contributed by atoms with Gasteiger partial charge in [-0.1, -0.05) is 13.8 Å². The first-order valence-electron chi connectivity index (χ1n) is 9.60. The van der Waals surface area contributed by atoms with Crippen molar-refractivity contribution >= 4 is 0 Å². The first-order valence-corrected chi connectivity index (χ1v) is 9.60. The minimum Gasteiger partial charge on any atom is -0.496 e. The van der Waals surface area contributed by atoms with Gasteiger partial charge in [0, 0.05) is 22.9 Å². The quantitative estimate of drug-likeness (QED) is 0.637. The lowest BCUT2D eigenvalue weighted by Gasteiger charge is -2.39. The number of hydrogen-bond donors (Lipinski definition) is 2. The minimum atomic E-state index is -5.05. The van der Waals surface area contributed by atoms with Crippen molar-refractivity contribution in [1.82, 2.24) is 4.57 Å². The molecule has 172 valence electrons. The molecule has 0 saturated heterocycles. The van der Waals surface area contributed by atoms with E-state index < -0.39 is 42.6 Å². The maximum Gasteiger partial charge on any atom is 0.418 e. The Labute approximate surface area is 177 Å². The molecule has 0 aliphatic carbocycles. The van der Waals surface area contributed by atoms with Crippen molar-refractivity contribution in [3.63, 3.8) is 0 Å². The Bertz CT molecular complexity index is 1010. The maximum absolute atomic E-state index is 14.1. The molecule has 1 unspecified atom stereocenters. The summed E-state index contributed by atoms with van der Waals surface area (Å²) in [7, 11) is 1.32. The fourth-order valence-corrected chi connectivity index (χ4v) is 3.93. The summed E-state index contributed by atoms with van der Waals surface area (Å²) >= 11 is 0. The topological polar surface area (TPSA) is 71.7 Å². The van der Waals surface area contributed by atoms with Gasteiger partial charge >= 0.3 is 6.18 Å². The molecule has 0 fully saturated rings. The Morgan fingerprint density at radius 3 is 2.29 bits per heavy atom. The average molecular weight is 445 g/mol. The summed E-state index contributed by atoms with van der Waals surface area (Å²) < 4.78 is 62.5. The molecule has 1 aromatic carbocycles. The minimum absolute atomic E-state index is 0.0144. The fraction of sp³-hybridized carbons (Fsp3) is 0.500. The first kappa shape index (κ1) is 24.9. The van der Waals surface area contributed by atoms with E-state index in [2.05, 4.69) is 0 Å². The molecule has 1 atom stereocenters. The van der Waals surface area contributed by atoms with E-state index >= 15 is 0 Å². The zero-order valence-corrected chi connectivity index (χ0v) is 18.1. The Hall–Kier alpha value is -2.39. The third-order valence-electron chi connectivity index (χ3n) is 5.56. The number of hydrogen-bond acceptors (Lipinski definition) is 4. The van der Waals surface area contributed by atoms with Crippen molar-refractivity contribution in [3.05, 3.63) is 62.8 Å². The standard InChI is InChI=1S/C22H27F4NO4/c1-13-9-27(17(10-28)14(2)19(13)29)12-21(30,22(24,25)26)11-20(3,4)16-8-15(23)6-7-18(16)31-5/h6-9,28,30H,10-12H2,1-5H3. The van der Waals surface area contributed by atoms with Crippen LogP contribution in [0.5, 0.6) is 5.75 Å². The number of aliphatic hydroxyl groups is 2. The fourth-order valence-electron chi connectivity index (χ4n) is 3.93. The van der Waals surface area contributed by atoms with Crippen LogP contribution in [-0.4, -0.2) is 33.7 Å². The maximum atomic E-state index is 14.1. The molecule has 9 heteroatoms. The molecule has 2 rings (SSSR count). The molecule has 2 aromatic rings. The van der Waals surface area contributed by atoms with E-state index in [0.717, 1.165) is 16.7 Å². The third kappa shape index (κ3) is 4.93. The van der Waals surface area contributed by atoms with Gasteiger partial charge in [0.1, 0.15) is 11.6 Å². The van der Waals surface area contributed by atoms with Crippen molar-refractivity contribution in [1.29, 1.82) is 0 Å². The van der Waals surface area contributed by atoms with Gasteiger partial charge in [0.25, 0.3) is 0 Å². The van der Waals surface area contributed by atoms with Crippen molar-refractivity contribution < 1.29 is 32.5 Å². The lowest BCUT2D eigenvalue weighted by atomic mass is 9.74. The Kier molecular flexibility index (Phi) is 6.92. The summed E-state index contributed by atoms with van der Waals surface area (Å²) in [5.74, 6) is -0.448. The third-order valence-corrected chi connectivity index (χ3v) is 5.56. The second-order valence-electron chi connectivity index (χ2n) is 8.43. The summed E-state index contributed by atoms with van der Waals surface area (Å²) in [6.07, 6.45) is -4.69. The summed E-state index contributed by atoms with van der Waals surface area (Å²) in [4.78, 5) is 12.1. The number of halogens is 4. The van der Waals surface area contributed by atoms with Gasteiger partial charge in [0.2, 0.25) is 0 Å². The predicted molar refractivity (Wildman–Crippen MR) is 108 cm³/mol. The van der Waals surface area contributed by atoms with E-state index in [1.54, 1.807) is 0 Å². The second-order valence-corrected chi connectivity index (χ2v) is 8.43. The van der Waals surface area contributed by atoms with Gasteiger partial charge in [0.15, 0.2) is 11.0 Å². The SMILES string of the molecule is COc1ccc(F)cc1C(C)(C)CC(O)(Cn1cc(C)c(=O)c(C)c1CO)C(F)(F)F. The average Bonchev–Trinajstić information content (AvgIpc) is 2.65. The van der Waals surface area contributed by atoms with Crippen LogP contribution in [0.25, 0.3) is 0 Å². The number of benzene rings is 1. The molecule has 0 radical (unpaired) electrons. The van der Waals surface area contributed by atoms with Gasteiger partial charge < -0.3 is 19.5 Å². The number of aliphatic hydroxyl groups excluding tert-OH is 1. The highest BCUT2D eigenvalue weighted by Crippen LogP contribution is 2.44. The van der Waals surface area contributed by atoms with Gasteiger partial charge in [0.05, 0.1) is 26.0 Å². The molecule has 0 aliphatic rings. The molecule has 1 heterocycles. The Balaban J connectivity index is 2.59. The zero-order chi connectivity index (χ0) is 23.8.